The topological polar surface area (TPSA) is 49.6 Å². The maximum Gasteiger partial charge on any atom is 0.152 e. The summed E-state index contributed by atoms with van der Waals surface area (Å²) in [6.45, 7) is 2.79. The lowest BCUT2D eigenvalue weighted by atomic mass is 9.99. The highest BCUT2D eigenvalue weighted by atomic mass is 35.5. The van der Waals surface area contributed by atoms with E-state index in [1.807, 2.05) is 45.6 Å². The van der Waals surface area contributed by atoms with Crippen molar-refractivity contribution in [3.63, 3.8) is 0 Å². The molecule has 0 amide bonds. The van der Waals surface area contributed by atoms with Crippen molar-refractivity contribution in [3.8, 4) is 0 Å². The first-order valence-electron chi connectivity index (χ1n) is 6.65. The highest BCUT2D eigenvalue weighted by Crippen LogP contribution is 2.23. The number of nitrogens with one attached hydrogen (secondary N) is 1. The van der Waals surface area contributed by atoms with Crippen LogP contribution in [-0.2, 0) is 12.1 Å². The van der Waals surface area contributed by atoms with Gasteiger partial charge in [-0.3, -0.25) is 0 Å². The van der Waals surface area contributed by atoms with Crippen LogP contribution in [0.2, 0.25) is 5.15 Å². The van der Waals surface area contributed by atoms with E-state index in [0.717, 1.165) is 16.9 Å². The highest BCUT2D eigenvalue weighted by Gasteiger charge is 2.23. The van der Waals surface area contributed by atoms with Crippen molar-refractivity contribution < 1.29 is 5.11 Å². The molecule has 0 radical (unpaired) electrons. The first-order chi connectivity index (χ1) is 10.1. The van der Waals surface area contributed by atoms with E-state index >= 15 is 0 Å². The third-order valence-corrected chi connectivity index (χ3v) is 4.47. The SMILES string of the molecule is CC(O)(CNCc1c(Cl)nc2ccccn12)c1ccsc1. The van der Waals surface area contributed by atoms with E-state index in [1.165, 1.54) is 0 Å². The number of rotatable bonds is 5. The summed E-state index contributed by atoms with van der Waals surface area (Å²) in [6.07, 6.45) is 1.93. The molecular formula is C15H16ClN3OS. The van der Waals surface area contributed by atoms with Gasteiger partial charge in [-0.2, -0.15) is 11.3 Å². The molecule has 0 aromatic carbocycles. The average molecular weight is 322 g/mol. The first kappa shape index (κ1) is 14.5. The molecule has 3 aromatic heterocycles. The van der Waals surface area contributed by atoms with Crippen LogP contribution in [0, 0.1) is 0 Å². The highest BCUT2D eigenvalue weighted by molar-refractivity contribution is 7.08. The number of aliphatic hydroxyl groups is 1. The van der Waals surface area contributed by atoms with E-state index in [1.54, 1.807) is 18.3 Å². The van der Waals surface area contributed by atoms with Crippen molar-refractivity contribution in [3.05, 3.63) is 57.6 Å². The molecule has 3 rings (SSSR count). The van der Waals surface area contributed by atoms with Crippen molar-refractivity contribution in [2.75, 3.05) is 6.54 Å². The van der Waals surface area contributed by atoms with E-state index in [2.05, 4.69) is 10.3 Å². The molecule has 21 heavy (non-hydrogen) atoms. The van der Waals surface area contributed by atoms with Gasteiger partial charge in [0.05, 0.1) is 11.3 Å². The van der Waals surface area contributed by atoms with Crippen molar-refractivity contribution >= 4 is 28.6 Å². The Morgan fingerprint density at radius 1 is 1.43 bits per heavy atom. The Bertz CT molecular complexity index is 737. The summed E-state index contributed by atoms with van der Waals surface area (Å²) < 4.78 is 1.95. The maximum absolute atomic E-state index is 10.5. The van der Waals surface area contributed by atoms with Gasteiger partial charge in [0.25, 0.3) is 0 Å². The second kappa shape index (κ2) is 5.77. The van der Waals surface area contributed by atoms with Crippen LogP contribution in [0.15, 0.2) is 41.2 Å². The van der Waals surface area contributed by atoms with Crippen molar-refractivity contribution in [2.24, 2.45) is 0 Å². The summed E-state index contributed by atoms with van der Waals surface area (Å²) in [5.74, 6) is 0. The Hall–Kier alpha value is -1.40. The molecule has 0 fully saturated rings. The zero-order chi connectivity index (χ0) is 14.9. The Morgan fingerprint density at radius 3 is 3.05 bits per heavy atom. The molecule has 0 aliphatic heterocycles. The van der Waals surface area contributed by atoms with E-state index in [9.17, 15) is 5.11 Å². The van der Waals surface area contributed by atoms with Crippen molar-refractivity contribution in [1.82, 2.24) is 14.7 Å². The summed E-state index contributed by atoms with van der Waals surface area (Å²) in [6, 6.07) is 7.72. The fourth-order valence-corrected chi connectivity index (χ4v) is 3.30. The van der Waals surface area contributed by atoms with E-state index in [4.69, 9.17) is 11.6 Å². The van der Waals surface area contributed by atoms with Gasteiger partial charge in [0.15, 0.2) is 5.15 Å². The fourth-order valence-electron chi connectivity index (χ4n) is 2.27. The second-order valence-electron chi connectivity index (χ2n) is 5.17. The lowest BCUT2D eigenvalue weighted by Gasteiger charge is -2.22. The molecule has 110 valence electrons. The monoisotopic (exact) mass is 321 g/mol. The van der Waals surface area contributed by atoms with Crippen LogP contribution in [0.1, 0.15) is 18.2 Å². The van der Waals surface area contributed by atoms with Crippen LogP contribution in [0.3, 0.4) is 0 Å². The number of nitrogens with zero attached hydrogens (tertiary/aromatic N) is 2. The number of fused-ring (bicyclic) bond motifs is 1. The van der Waals surface area contributed by atoms with Crippen LogP contribution in [-0.4, -0.2) is 21.0 Å². The number of pyridine rings is 1. The summed E-state index contributed by atoms with van der Waals surface area (Å²) in [5.41, 5.74) is 1.74. The third kappa shape index (κ3) is 2.96. The van der Waals surface area contributed by atoms with Crippen molar-refractivity contribution in [2.45, 2.75) is 19.1 Å². The van der Waals surface area contributed by atoms with Crippen LogP contribution < -0.4 is 5.32 Å². The van der Waals surface area contributed by atoms with Crippen LogP contribution >= 0.6 is 22.9 Å². The molecule has 0 bridgehead atoms. The fraction of sp³-hybridized carbons (Fsp3) is 0.267. The number of halogens is 1. The summed E-state index contributed by atoms with van der Waals surface area (Å²) in [7, 11) is 0. The largest absolute Gasteiger partial charge is 0.384 e. The van der Waals surface area contributed by atoms with E-state index in [-0.39, 0.29) is 0 Å². The molecule has 3 aromatic rings. The molecule has 0 saturated heterocycles. The second-order valence-corrected chi connectivity index (χ2v) is 6.31. The maximum atomic E-state index is 10.5. The third-order valence-electron chi connectivity index (χ3n) is 3.48. The summed E-state index contributed by atoms with van der Waals surface area (Å²) in [4.78, 5) is 4.31. The minimum Gasteiger partial charge on any atom is -0.384 e. The molecule has 0 aliphatic rings. The zero-order valence-electron chi connectivity index (χ0n) is 11.6. The first-order valence-corrected chi connectivity index (χ1v) is 7.97. The molecular weight excluding hydrogens is 306 g/mol. The number of imidazole rings is 1. The predicted molar refractivity (Wildman–Crippen MR) is 85.8 cm³/mol. The molecule has 1 unspecified atom stereocenters. The average Bonchev–Trinajstić information content (AvgIpc) is 3.08. The zero-order valence-corrected chi connectivity index (χ0v) is 13.2. The van der Waals surface area contributed by atoms with Gasteiger partial charge in [0, 0.05) is 19.3 Å². The lowest BCUT2D eigenvalue weighted by Crippen LogP contribution is -2.35. The Labute approximate surface area is 132 Å². The Balaban J connectivity index is 1.71. The molecule has 1 atom stereocenters. The standard InChI is InChI=1S/C15H16ClN3OS/c1-15(20,11-5-7-21-9-11)10-17-8-12-14(16)18-13-4-2-3-6-19(12)13/h2-7,9,17,20H,8,10H2,1H3. The van der Waals surface area contributed by atoms with Crippen LogP contribution in [0.4, 0.5) is 0 Å². The Kier molecular flexibility index (Phi) is 3.99. The van der Waals surface area contributed by atoms with Gasteiger partial charge in [-0.1, -0.05) is 17.7 Å². The smallest absolute Gasteiger partial charge is 0.152 e. The van der Waals surface area contributed by atoms with Gasteiger partial charge < -0.3 is 14.8 Å². The molecule has 0 spiro atoms. The van der Waals surface area contributed by atoms with Gasteiger partial charge >= 0.3 is 0 Å². The lowest BCUT2D eigenvalue weighted by molar-refractivity contribution is 0.0570. The molecule has 0 saturated carbocycles. The number of thiophene rings is 1. The van der Waals surface area contributed by atoms with Gasteiger partial charge in [-0.05, 0) is 41.4 Å². The minimum atomic E-state index is -0.896. The van der Waals surface area contributed by atoms with Gasteiger partial charge in [0.1, 0.15) is 5.65 Å². The number of aromatic nitrogens is 2. The molecule has 4 nitrogen and oxygen atoms in total. The van der Waals surface area contributed by atoms with Gasteiger partial charge in [-0.25, -0.2) is 4.98 Å². The predicted octanol–water partition coefficient (Wildman–Crippen LogP) is 3.05. The number of hydrogen-bond acceptors (Lipinski definition) is 4. The summed E-state index contributed by atoms with van der Waals surface area (Å²) in [5, 5.41) is 18.1. The summed E-state index contributed by atoms with van der Waals surface area (Å²) >= 11 is 7.76. The van der Waals surface area contributed by atoms with E-state index < -0.39 is 5.60 Å². The molecule has 0 aliphatic carbocycles. The van der Waals surface area contributed by atoms with Gasteiger partial charge in [0.2, 0.25) is 0 Å². The minimum absolute atomic E-state index is 0.445. The molecule has 6 heteroatoms. The Morgan fingerprint density at radius 2 is 2.29 bits per heavy atom. The van der Waals surface area contributed by atoms with Crippen LogP contribution in [0.25, 0.3) is 5.65 Å². The van der Waals surface area contributed by atoms with Crippen molar-refractivity contribution in [1.29, 1.82) is 0 Å². The van der Waals surface area contributed by atoms with Gasteiger partial charge in [-0.15, -0.1) is 0 Å². The van der Waals surface area contributed by atoms with Crippen LogP contribution in [0.5, 0.6) is 0 Å². The number of hydrogen-bond donors (Lipinski definition) is 2. The normalized spacial score (nSPS) is 14.4. The quantitative estimate of drug-likeness (QED) is 0.759. The van der Waals surface area contributed by atoms with E-state index in [0.29, 0.717) is 18.2 Å². The molecule has 2 N–H and O–H groups in total. The molecule has 3 heterocycles.